The van der Waals surface area contributed by atoms with Gasteiger partial charge in [-0.3, -0.25) is 54.0 Å². The number of aliphatic hydroxyl groups is 5. The predicted molar refractivity (Wildman–Crippen MR) is 376 cm³/mol. The minimum atomic E-state index is -2.11. The van der Waals surface area contributed by atoms with Crippen LogP contribution in [0.25, 0.3) is 6.08 Å². The van der Waals surface area contributed by atoms with Gasteiger partial charge in [-0.1, -0.05) is 50.2 Å². The maximum absolute atomic E-state index is 15.1. The van der Waals surface area contributed by atoms with Gasteiger partial charge in [0.15, 0.2) is 0 Å². The van der Waals surface area contributed by atoms with Crippen molar-refractivity contribution >= 4 is 139 Å². The van der Waals surface area contributed by atoms with Gasteiger partial charge in [-0.05, 0) is 72.9 Å². The number of esters is 1. The molecule has 5 aliphatic rings. The van der Waals surface area contributed by atoms with E-state index in [9.17, 15) is 63.9 Å². The van der Waals surface area contributed by atoms with E-state index in [0.717, 1.165) is 57.1 Å². The quantitative estimate of drug-likeness (QED) is 0.0643. The van der Waals surface area contributed by atoms with Gasteiger partial charge in [0, 0.05) is 32.8 Å². The number of hydrogen-bond donors (Lipinski definition) is 16. The molecule has 15 atom stereocenters. The van der Waals surface area contributed by atoms with Gasteiger partial charge in [-0.2, -0.15) is 0 Å². The number of ether oxygens (including phenoxy) is 1. The second-order valence-corrected chi connectivity index (χ2v) is 29.4. The smallest absolute Gasteiger partial charge is 0.357 e. The molecule has 10 rings (SSSR count). The maximum atomic E-state index is 15.1. The van der Waals surface area contributed by atoms with Crippen LogP contribution in [0.4, 0.5) is 0 Å². The first-order valence-electron chi connectivity index (χ1n) is 31.2. The molecule has 0 aromatic carbocycles. The van der Waals surface area contributed by atoms with Crippen LogP contribution in [-0.2, 0) is 39.0 Å². The van der Waals surface area contributed by atoms with E-state index in [-0.39, 0.29) is 94.6 Å². The predicted octanol–water partition coefficient (Wildman–Crippen LogP) is 1.12. The van der Waals surface area contributed by atoms with E-state index in [2.05, 4.69) is 87.9 Å². The fraction of sp³-hybridized carbons (Fsp3) is 0.397. The lowest BCUT2D eigenvalue weighted by Crippen LogP contribution is -2.58. The minimum absolute atomic E-state index is 0.000240. The van der Waals surface area contributed by atoms with Crippen LogP contribution in [0.5, 0.6) is 0 Å². The van der Waals surface area contributed by atoms with Crippen LogP contribution in [0.1, 0.15) is 177 Å². The average molecular weight is 1500 g/mol. The van der Waals surface area contributed by atoms with E-state index >= 15 is 4.79 Å². The molecule has 534 valence electrons. The van der Waals surface area contributed by atoms with Crippen LogP contribution in [0.15, 0.2) is 87.3 Å². The summed E-state index contributed by atoms with van der Waals surface area (Å²) in [5, 5.41) is 91.7. The Balaban J connectivity index is 1.16. The molecule has 5 aromatic rings. The highest BCUT2D eigenvalue weighted by atomic mass is 32.2. The Bertz CT molecular complexity index is 4350. The van der Waals surface area contributed by atoms with Crippen LogP contribution >= 0.6 is 69.3 Å². The molecule has 0 radical (unpaired) electrons. The highest BCUT2D eigenvalue weighted by Gasteiger charge is 2.52. The number of allylic oxidation sites excluding steroid dienone is 1. The van der Waals surface area contributed by atoms with Crippen LogP contribution in [0.2, 0.25) is 0 Å². The van der Waals surface area contributed by atoms with Crippen LogP contribution in [0.3, 0.4) is 0 Å². The van der Waals surface area contributed by atoms with Crippen molar-refractivity contribution < 1.29 is 73.4 Å². The van der Waals surface area contributed by atoms with Gasteiger partial charge in [-0.15, -0.1) is 57.1 Å². The number of thioether (sulfide) groups is 1. The van der Waals surface area contributed by atoms with Gasteiger partial charge < -0.3 is 78.5 Å². The first-order valence-corrected chi connectivity index (χ1v) is 36.1. The third-order valence-electron chi connectivity index (χ3n) is 17.2. The van der Waals surface area contributed by atoms with Gasteiger partial charge in [0.05, 0.1) is 76.7 Å². The Morgan fingerprint density at radius 2 is 1.46 bits per heavy atom. The number of piperidine rings is 1. The van der Waals surface area contributed by atoms with Crippen molar-refractivity contribution in [2.24, 2.45) is 10.7 Å². The number of thiocarbonyl (C=S) groups is 1. The SMILES string of the molecule is C=C1NC(=O)C(=C)NC(=O)[C@H](C)NC2C=Cc3c([C@H](C)O)cc(nc3C2O)C(=O)O[C@H](C)[C@@H]2NC(=S)c3csc(n3)[C@H]([C@](C)(O)[C@@H](C)O)NC(=O)[C@H]3CSC(=N3)/C(=C/C)NC(=O)[C@H]([C@@H](C)O)NC(=O)c3csc(n3)[C@]3(CC[C@H](c4nc(C(N)=O)cs4)N[C@@H]3c3csc2n3)NC(=O)C(=C)NC1=O. The van der Waals surface area contributed by atoms with Crippen molar-refractivity contribution in [2.75, 3.05) is 5.75 Å². The number of aliphatic hydroxyl groups excluding tert-OH is 4. The van der Waals surface area contributed by atoms with Crippen molar-refractivity contribution in [1.82, 2.24) is 78.1 Å². The number of carbonyl (C=O) groups excluding carboxylic acids is 9. The number of nitrogens with two attached hydrogens (primary N) is 1. The summed E-state index contributed by atoms with van der Waals surface area (Å²) in [6.45, 7) is 20.9. The molecule has 9 heterocycles. The zero-order valence-corrected chi connectivity index (χ0v) is 59.8. The van der Waals surface area contributed by atoms with Crippen molar-refractivity contribution in [3.8, 4) is 0 Å². The van der Waals surface area contributed by atoms with Gasteiger partial charge in [0.1, 0.15) is 100 Å². The minimum Gasteiger partial charge on any atom is -0.455 e. The second kappa shape index (κ2) is 30.4. The third kappa shape index (κ3) is 15.8. The van der Waals surface area contributed by atoms with E-state index < -0.39 is 160 Å². The number of nitrogens with zero attached hydrogens (tertiary/aromatic N) is 6. The number of aromatic nitrogens is 5. The molecule has 1 fully saturated rings. The van der Waals surface area contributed by atoms with Crippen LogP contribution in [-0.4, -0.2) is 168 Å². The Kier molecular flexibility index (Phi) is 22.6. The molecular weight excluding hydrogens is 1430 g/mol. The monoisotopic (exact) mass is 1500 g/mol. The summed E-state index contributed by atoms with van der Waals surface area (Å²) >= 11 is 11.1. The number of rotatable bonds is 6. The number of fused-ring (bicyclic) bond motifs is 7. The lowest BCUT2D eigenvalue weighted by Gasteiger charge is -2.45. The van der Waals surface area contributed by atoms with Gasteiger partial charge >= 0.3 is 5.97 Å². The molecule has 0 saturated carbocycles. The number of cyclic esters (lactones) is 1. The highest BCUT2D eigenvalue weighted by molar-refractivity contribution is 8.14. The number of pyridine rings is 1. The number of nitrogens with one attached hydrogen (secondary N) is 10. The third-order valence-corrected chi connectivity index (χ3v) is 22.4. The number of aliphatic imine (C=N–C) groups is 1. The molecule has 1 aliphatic carbocycles. The van der Waals surface area contributed by atoms with E-state index in [1.807, 2.05) is 0 Å². The van der Waals surface area contributed by atoms with Crippen molar-refractivity contribution in [1.29, 1.82) is 0 Å². The molecule has 17 N–H and O–H groups in total. The van der Waals surface area contributed by atoms with Crippen molar-refractivity contribution in [2.45, 2.75) is 151 Å². The summed E-state index contributed by atoms with van der Waals surface area (Å²) in [4.78, 5) is 155. The lowest BCUT2D eigenvalue weighted by molar-refractivity contribution is -0.128. The van der Waals surface area contributed by atoms with E-state index in [1.165, 1.54) is 82.0 Å². The van der Waals surface area contributed by atoms with E-state index in [0.29, 0.717) is 5.01 Å². The summed E-state index contributed by atoms with van der Waals surface area (Å²) < 4.78 is 6.29. The molecular formula is C63H71N17O15S6. The van der Waals surface area contributed by atoms with Gasteiger partial charge in [0.25, 0.3) is 29.5 Å². The fourth-order valence-corrected chi connectivity index (χ4v) is 16.5. The summed E-state index contributed by atoms with van der Waals surface area (Å²) in [6, 6.07) is -8.58. The second-order valence-electron chi connectivity index (χ2n) is 24.4. The molecule has 1 saturated heterocycles. The van der Waals surface area contributed by atoms with Crippen LogP contribution in [0, 0.1) is 0 Å². The van der Waals surface area contributed by atoms with Crippen molar-refractivity contribution in [3.05, 3.63) is 148 Å². The standard InChI is InChI=1S/C63H71N17O15S6/c1-11-32-56-74-38(19-98-56)53(91)79-46(62(10,94)29(9)83)59-75-40(21-100-59)55(96)78-42-28(8)95-60(93)35-16-31(26(6)81)30-12-13-33(44(84)43(30)69-35)65-22(2)48(86)66-23(3)49(87)67-24(4)50(88)68-25(5)51(89)80-63(61-76-39(20-101-61)52(90)77-41(27(7)82)54(92)71-32)15-14-34(57-73-37(18-97-57)47(64)85)70-45(63)36-17-99-58(42)72-36/h11-13,16-18,20-22,26-29,33-34,38,41-42,44-46,65,70,81-84,94H,3-5,14-15,19H2,1-2,6-10H3,(H2,64,85)(H,66,86)(H,67,87)(H,68,88)(H,71,92)(H,77,90)(H,78,96)(H,79,91)(H,80,89)/b32-11-/t22-,26-,27+,28+,29+,33?,34+,38+,41-,42-,44?,45+,46+,62+,63+/m0/s1. The molecule has 13 bridgehead atoms. The van der Waals surface area contributed by atoms with Gasteiger partial charge in [0.2, 0.25) is 17.7 Å². The Morgan fingerprint density at radius 3 is 2.12 bits per heavy atom. The molecule has 38 heteroatoms. The Morgan fingerprint density at radius 1 is 0.782 bits per heavy atom. The average Bonchev–Trinajstić information content (AvgIpc) is 1.71. The molecule has 8 amide bonds. The molecule has 2 unspecified atom stereocenters. The maximum Gasteiger partial charge on any atom is 0.357 e. The normalized spacial score (nSPS) is 28.0. The Hall–Kier alpha value is -8.77. The summed E-state index contributed by atoms with van der Waals surface area (Å²) in [5.41, 5.74) is -0.321. The molecule has 32 nitrogen and oxygen atoms in total. The molecule has 101 heavy (non-hydrogen) atoms. The number of carbonyl (C=O) groups is 9. The highest BCUT2D eigenvalue weighted by Crippen LogP contribution is 2.48. The topological polar surface area (TPSA) is 487 Å². The summed E-state index contributed by atoms with van der Waals surface area (Å²) in [7, 11) is 0. The number of primary amides is 1. The van der Waals surface area contributed by atoms with Crippen molar-refractivity contribution in [3.63, 3.8) is 0 Å². The Labute approximate surface area is 601 Å². The lowest BCUT2D eigenvalue weighted by atomic mass is 9.78. The zero-order chi connectivity index (χ0) is 73.4. The number of amides is 8. The number of hydrogen-bond acceptors (Lipinski definition) is 29. The molecule has 0 spiro atoms. The van der Waals surface area contributed by atoms with E-state index in [4.69, 9.17) is 37.6 Å². The van der Waals surface area contributed by atoms with E-state index in [1.54, 1.807) is 12.3 Å². The molecule has 5 aromatic heterocycles. The summed E-state index contributed by atoms with van der Waals surface area (Å²) in [5.74, 6) is -8.63. The fourth-order valence-electron chi connectivity index (χ4n) is 11.3. The van der Waals surface area contributed by atoms with Gasteiger partial charge in [-0.25, -0.2) is 29.7 Å². The zero-order valence-electron chi connectivity index (χ0n) is 54.9. The van der Waals surface area contributed by atoms with Crippen LogP contribution < -0.4 is 58.9 Å². The largest absolute Gasteiger partial charge is 0.455 e. The molecule has 4 aliphatic heterocycles. The summed E-state index contributed by atoms with van der Waals surface area (Å²) in [6.07, 6.45) is -2.76. The first-order chi connectivity index (χ1) is 47.7. The number of thiazole rings is 4. The first kappa shape index (κ1) is 74.9.